The van der Waals surface area contributed by atoms with Gasteiger partial charge in [0.15, 0.2) is 0 Å². The second-order valence-electron chi connectivity index (χ2n) is 13.8. The molecule has 1 saturated carbocycles. The summed E-state index contributed by atoms with van der Waals surface area (Å²) in [5.74, 6) is -2.73. The fourth-order valence-electron chi connectivity index (χ4n) is 7.94. The fraction of sp³-hybridized carbons (Fsp3) is 0.576. The summed E-state index contributed by atoms with van der Waals surface area (Å²) in [5.41, 5.74) is 0.180. The van der Waals surface area contributed by atoms with Crippen molar-refractivity contribution in [2.75, 3.05) is 26.3 Å². The van der Waals surface area contributed by atoms with Gasteiger partial charge in [-0.15, -0.1) is 0 Å². The zero-order valence-corrected chi connectivity index (χ0v) is 25.7. The van der Waals surface area contributed by atoms with Crippen LogP contribution in [0.4, 0.5) is 13.2 Å². The molecular weight excluding hydrogens is 611 g/mol. The van der Waals surface area contributed by atoms with Crippen LogP contribution < -0.4 is 0 Å². The maximum absolute atomic E-state index is 14.4. The third-order valence-corrected chi connectivity index (χ3v) is 11.2. The monoisotopic (exact) mass is 645 g/mol. The minimum absolute atomic E-state index is 0.00779. The highest BCUT2D eigenvalue weighted by Crippen LogP contribution is 2.60. The Morgan fingerprint density at radius 1 is 1.13 bits per heavy atom. The van der Waals surface area contributed by atoms with E-state index in [4.69, 9.17) is 21.4 Å². The molecule has 12 heteroatoms. The first-order chi connectivity index (χ1) is 21.3. The predicted molar refractivity (Wildman–Crippen MR) is 158 cm³/mol. The first kappa shape index (κ1) is 30.5. The van der Waals surface area contributed by atoms with Crippen LogP contribution in [-0.2, 0) is 32.6 Å². The van der Waals surface area contributed by atoms with Crippen molar-refractivity contribution in [3.05, 3.63) is 57.4 Å². The van der Waals surface area contributed by atoms with Gasteiger partial charge >= 0.3 is 12.1 Å². The summed E-state index contributed by atoms with van der Waals surface area (Å²) >= 11 is 6.51. The quantitative estimate of drug-likeness (QED) is 0.449. The number of halogens is 4. The van der Waals surface area contributed by atoms with Crippen molar-refractivity contribution in [2.24, 2.45) is 23.2 Å². The number of ether oxygens (including phenoxy) is 1. The average molecular weight is 646 g/mol. The van der Waals surface area contributed by atoms with Crippen molar-refractivity contribution >= 4 is 35.0 Å². The summed E-state index contributed by atoms with van der Waals surface area (Å²) in [5, 5.41) is 14.3. The molecule has 0 bridgehead atoms. The van der Waals surface area contributed by atoms with Crippen molar-refractivity contribution in [1.29, 1.82) is 0 Å². The second-order valence-corrected chi connectivity index (χ2v) is 14.2. The molecular formula is C33H35ClF3N3O5. The van der Waals surface area contributed by atoms with Crippen molar-refractivity contribution < 1.29 is 37.4 Å². The molecule has 5 aliphatic rings. The maximum atomic E-state index is 14.4. The maximum Gasteiger partial charge on any atom is 0.398 e. The van der Waals surface area contributed by atoms with Gasteiger partial charge in [-0.25, -0.2) is 0 Å². The number of carbonyl (C=O) groups is 3. The molecule has 240 valence electrons. The summed E-state index contributed by atoms with van der Waals surface area (Å²) in [7, 11) is 0. The van der Waals surface area contributed by atoms with Gasteiger partial charge in [0.05, 0.1) is 46.5 Å². The molecule has 3 atom stereocenters. The van der Waals surface area contributed by atoms with Crippen LogP contribution in [0.3, 0.4) is 0 Å². The lowest BCUT2D eigenvalue weighted by Gasteiger charge is -2.38. The van der Waals surface area contributed by atoms with E-state index in [2.05, 4.69) is 0 Å². The molecule has 45 heavy (non-hydrogen) atoms. The van der Waals surface area contributed by atoms with Crippen molar-refractivity contribution in [1.82, 2.24) is 14.7 Å². The lowest BCUT2D eigenvalue weighted by molar-refractivity contribution is -0.160. The molecule has 3 fully saturated rings. The number of hydrogen-bond donors (Lipinski definition) is 1. The Balaban J connectivity index is 1.28. The smallest absolute Gasteiger partial charge is 0.398 e. The molecule has 1 amide bonds. The molecule has 3 aliphatic carbocycles. The Kier molecular flexibility index (Phi) is 7.24. The number of carbonyl (C=O) groups excluding carboxylic acids is 2. The SMILES string of the molecule is C[C@H]1CC(c2nn(C(=O)c3c(Cl)cccc3C3(C(F)(F)F)CC3)c3c2CCC(C(=O)N2CCC4(COC4)C2)C3)=CCC1C(=O)O. The van der Waals surface area contributed by atoms with Crippen molar-refractivity contribution in [3.63, 3.8) is 0 Å². The van der Waals surface area contributed by atoms with Gasteiger partial charge in [-0.05, 0) is 68.1 Å². The van der Waals surface area contributed by atoms with Gasteiger partial charge in [-0.3, -0.25) is 14.4 Å². The summed E-state index contributed by atoms with van der Waals surface area (Å²) in [4.78, 5) is 41.8. The number of hydrogen-bond acceptors (Lipinski definition) is 5. The third-order valence-electron chi connectivity index (χ3n) is 10.9. The van der Waals surface area contributed by atoms with Crippen LogP contribution in [0.25, 0.3) is 5.57 Å². The van der Waals surface area contributed by atoms with Crippen molar-refractivity contribution in [2.45, 2.75) is 69.9 Å². The highest BCUT2D eigenvalue weighted by Gasteiger charge is 2.65. The summed E-state index contributed by atoms with van der Waals surface area (Å²) < 4.78 is 49.5. The first-order valence-corrected chi connectivity index (χ1v) is 16.0. The van der Waals surface area contributed by atoms with E-state index >= 15 is 0 Å². The lowest BCUT2D eigenvalue weighted by atomic mass is 9.78. The van der Waals surface area contributed by atoms with Crippen LogP contribution in [0.15, 0.2) is 24.3 Å². The number of aliphatic carboxylic acids is 1. The molecule has 1 spiro atoms. The van der Waals surface area contributed by atoms with Gasteiger partial charge in [0.1, 0.15) is 0 Å². The summed E-state index contributed by atoms with van der Waals surface area (Å²) in [6.07, 6.45) is -0.102. The number of carboxylic acid groups (broad SMARTS) is 1. The number of carboxylic acids is 1. The highest BCUT2D eigenvalue weighted by molar-refractivity contribution is 6.34. The van der Waals surface area contributed by atoms with E-state index in [9.17, 15) is 32.7 Å². The largest absolute Gasteiger partial charge is 0.481 e. The number of allylic oxidation sites excluding steroid dienone is 2. The first-order valence-electron chi connectivity index (χ1n) is 15.6. The normalized spacial score (nSPS) is 26.6. The Labute approximate surface area is 263 Å². The van der Waals surface area contributed by atoms with Gasteiger partial charge < -0.3 is 14.7 Å². The van der Waals surface area contributed by atoms with Crippen molar-refractivity contribution in [3.8, 4) is 0 Å². The van der Waals surface area contributed by atoms with Gasteiger partial charge in [0, 0.05) is 36.4 Å². The average Bonchev–Trinajstić information content (AvgIpc) is 3.53. The molecule has 2 unspecified atom stereocenters. The van der Waals surface area contributed by atoms with Gasteiger partial charge in [-0.1, -0.05) is 36.7 Å². The Morgan fingerprint density at radius 3 is 2.49 bits per heavy atom. The topological polar surface area (TPSA) is 102 Å². The Morgan fingerprint density at radius 2 is 1.89 bits per heavy atom. The molecule has 2 aromatic rings. The number of benzene rings is 1. The zero-order valence-electron chi connectivity index (χ0n) is 25.0. The van der Waals surface area contributed by atoms with Gasteiger partial charge in [0.2, 0.25) is 5.91 Å². The number of amides is 1. The molecule has 2 aliphatic heterocycles. The second kappa shape index (κ2) is 10.7. The highest BCUT2D eigenvalue weighted by atomic mass is 35.5. The number of aromatic nitrogens is 2. The minimum atomic E-state index is -4.55. The van der Waals surface area contributed by atoms with Gasteiger partial charge in [0.25, 0.3) is 5.91 Å². The van der Waals surface area contributed by atoms with Crippen LogP contribution >= 0.6 is 11.6 Å². The minimum Gasteiger partial charge on any atom is -0.481 e. The van der Waals surface area contributed by atoms with Crippen LogP contribution in [0.5, 0.6) is 0 Å². The molecule has 2 saturated heterocycles. The van der Waals surface area contributed by atoms with Crippen LogP contribution in [0.2, 0.25) is 5.02 Å². The van der Waals surface area contributed by atoms with E-state index in [0.717, 1.165) is 17.6 Å². The van der Waals surface area contributed by atoms with E-state index < -0.39 is 35.3 Å². The van der Waals surface area contributed by atoms with E-state index in [1.807, 2.05) is 17.9 Å². The zero-order chi connectivity index (χ0) is 31.9. The number of fused-ring (bicyclic) bond motifs is 1. The summed E-state index contributed by atoms with van der Waals surface area (Å²) in [6, 6.07) is 4.17. The molecule has 0 radical (unpaired) electrons. The van der Waals surface area contributed by atoms with E-state index in [-0.39, 0.29) is 52.7 Å². The van der Waals surface area contributed by atoms with E-state index in [1.54, 1.807) is 0 Å². The summed E-state index contributed by atoms with van der Waals surface area (Å²) in [6.45, 7) is 4.44. The molecule has 3 heterocycles. The molecule has 1 aromatic carbocycles. The molecule has 8 nitrogen and oxygen atoms in total. The number of nitrogens with zero attached hydrogens (tertiary/aromatic N) is 3. The lowest BCUT2D eigenvalue weighted by Crippen LogP contribution is -2.46. The standard InChI is InChI=1S/C33H35ClF3N3O5/c1-18-13-19(5-7-21(18)30(43)44)27-22-8-6-20(28(41)39-12-11-31(15-39)16-45-17-31)14-25(22)40(38-27)29(42)26-23(3-2-4-24(26)34)32(9-10-32)33(35,36)37/h2-5,18,20-21H,6-17H2,1H3,(H,43,44)/t18-,20?,21?/m0/s1. The third kappa shape index (κ3) is 4.92. The number of likely N-dealkylation sites (tertiary alicyclic amines) is 1. The molecule has 1 aromatic heterocycles. The predicted octanol–water partition coefficient (Wildman–Crippen LogP) is 5.69. The van der Waals surface area contributed by atoms with Crippen LogP contribution in [-0.4, -0.2) is 70.1 Å². The fourth-order valence-corrected chi connectivity index (χ4v) is 8.20. The number of alkyl halides is 3. The van der Waals surface area contributed by atoms with E-state index in [1.165, 1.54) is 22.9 Å². The van der Waals surface area contributed by atoms with Crippen LogP contribution in [0.1, 0.15) is 78.3 Å². The molecule has 7 rings (SSSR count). The Bertz CT molecular complexity index is 1620. The molecule has 1 N–H and O–H groups in total. The van der Waals surface area contributed by atoms with Crippen LogP contribution in [0, 0.1) is 23.2 Å². The Hall–Kier alpha value is -3.18. The van der Waals surface area contributed by atoms with Gasteiger partial charge in [-0.2, -0.15) is 23.0 Å². The number of rotatable bonds is 5. The van der Waals surface area contributed by atoms with E-state index in [0.29, 0.717) is 63.4 Å².